The van der Waals surface area contributed by atoms with Crippen LogP contribution in [0.25, 0.3) is 0 Å². The first-order chi connectivity index (χ1) is 10.1. The van der Waals surface area contributed by atoms with Crippen molar-refractivity contribution in [2.45, 2.75) is 71.4 Å². The number of methoxy groups -OCH3 is 1. The summed E-state index contributed by atoms with van der Waals surface area (Å²) in [4.78, 5) is 0. The van der Waals surface area contributed by atoms with Crippen molar-refractivity contribution in [2.24, 2.45) is 0 Å². The second-order valence-corrected chi connectivity index (χ2v) is 6.75. The van der Waals surface area contributed by atoms with Crippen LogP contribution in [-0.4, -0.2) is 13.3 Å². The molecule has 1 rings (SSSR count). The third-order valence-corrected chi connectivity index (χ3v) is 3.87. The van der Waals surface area contributed by atoms with E-state index in [-0.39, 0.29) is 11.8 Å². The lowest BCUT2D eigenvalue weighted by atomic mass is 9.83. The molecule has 0 aliphatic rings. The molecule has 4 heteroatoms. The highest BCUT2D eigenvalue weighted by Crippen LogP contribution is 2.34. The fraction of sp³-hybridized carbons (Fsp3) is 0.667. The number of aryl methyl sites for hydroxylation is 2. The lowest BCUT2D eigenvalue weighted by Gasteiger charge is -2.24. The van der Waals surface area contributed by atoms with Crippen molar-refractivity contribution in [1.82, 2.24) is 0 Å². The summed E-state index contributed by atoms with van der Waals surface area (Å²) >= 11 is 0. The van der Waals surface area contributed by atoms with Crippen LogP contribution >= 0.6 is 0 Å². The van der Waals surface area contributed by atoms with Crippen molar-refractivity contribution < 1.29 is 17.9 Å². The third kappa shape index (κ3) is 5.54. The van der Waals surface area contributed by atoms with Crippen LogP contribution in [-0.2, 0) is 18.3 Å². The van der Waals surface area contributed by atoms with E-state index in [2.05, 4.69) is 33.8 Å². The van der Waals surface area contributed by atoms with Crippen LogP contribution in [0, 0.1) is 0 Å². The summed E-state index contributed by atoms with van der Waals surface area (Å²) in [5, 5.41) is 0. The fourth-order valence-electron chi connectivity index (χ4n) is 2.62. The Kier molecular flexibility index (Phi) is 6.33. The molecule has 1 aromatic rings. The highest BCUT2D eigenvalue weighted by Gasteiger charge is 2.26. The Hall–Kier alpha value is -1.19. The molecule has 0 unspecified atom stereocenters. The van der Waals surface area contributed by atoms with Gasteiger partial charge in [-0.15, -0.1) is 0 Å². The van der Waals surface area contributed by atoms with E-state index in [1.54, 1.807) is 7.11 Å². The Morgan fingerprint density at radius 1 is 1.00 bits per heavy atom. The number of hydrogen-bond donors (Lipinski definition) is 0. The van der Waals surface area contributed by atoms with Gasteiger partial charge in [-0.05, 0) is 53.9 Å². The largest absolute Gasteiger partial charge is 0.496 e. The Morgan fingerprint density at radius 2 is 1.64 bits per heavy atom. The average molecular weight is 316 g/mol. The van der Waals surface area contributed by atoms with E-state index in [1.165, 1.54) is 5.56 Å². The minimum Gasteiger partial charge on any atom is -0.496 e. The van der Waals surface area contributed by atoms with E-state index in [9.17, 15) is 13.2 Å². The highest BCUT2D eigenvalue weighted by molar-refractivity contribution is 5.46. The average Bonchev–Trinajstić information content (AvgIpc) is 2.40. The van der Waals surface area contributed by atoms with Gasteiger partial charge in [-0.3, -0.25) is 0 Å². The molecule has 0 spiro atoms. The van der Waals surface area contributed by atoms with Gasteiger partial charge in [-0.25, -0.2) is 0 Å². The van der Waals surface area contributed by atoms with Crippen molar-refractivity contribution in [3.05, 3.63) is 28.8 Å². The molecule has 0 atom stereocenters. The quantitative estimate of drug-likeness (QED) is 0.600. The van der Waals surface area contributed by atoms with Gasteiger partial charge in [0, 0.05) is 6.42 Å². The number of hydrogen-bond acceptors (Lipinski definition) is 1. The molecule has 1 aromatic carbocycles. The predicted molar refractivity (Wildman–Crippen MR) is 84.7 cm³/mol. The summed E-state index contributed by atoms with van der Waals surface area (Å²) < 4.78 is 42.1. The van der Waals surface area contributed by atoms with E-state index >= 15 is 0 Å². The lowest BCUT2D eigenvalue weighted by Crippen LogP contribution is -2.14. The lowest BCUT2D eigenvalue weighted by molar-refractivity contribution is -0.135. The molecule has 0 aliphatic heterocycles. The molecule has 0 aromatic heterocycles. The number of ether oxygens (including phenoxy) is 1. The van der Waals surface area contributed by atoms with Crippen LogP contribution < -0.4 is 4.74 Å². The first-order valence-electron chi connectivity index (χ1n) is 7.85. The number of rotatable bonds is 6. The molecule has 1 nitrogen and oxygen atoms in total. The SMILES string of the molecule is CCc1cc(C(C)(C)C)c(OC)cc1CCCCC(F)(F)F. The Bertz CT molecular complexity index is 484. The zero-order valence-electron chi connectivity index (χ0n) is 14.2. The van der Waals surface area contributed by atoms with E-state index < -0.39 is 12.6 Å². The molecule has 0 amide bonds. The molecule has 0 aliphatic carbocycles. The zero-order chi connectivity index (χ0) is 17.0. The maximum Gasteiger partial charge on any atom is 0.389 e. The number of alkyl halides is 3. The summed E-state index contributed by atoms with van der Waals surface area (Å²) in [5.41, 5.74) is 3.43. The van der Waals surface area contributed by atoms with Gasteiger partial charge < -0.3 is 4.74 Å². The molecule has 0 radical (unpaired) electrons. The number of halogens is 3. The van der Waals surface area contributed by atoms with Crippen molar-refractivity contribution in [3.8, 4) is 5.75 Å². The topological polar surface area (TPSA) is 9.23 Å². The van der Waals surface area contributed by atoms with Crippen LogP contribution in [0.2, 0.25) is 0 Å². The Morgan fingerprint density at radius 3 is 2.09 bits per heavy atom. The second-order valence-electron chi connectivity index (χ2n) is 6.75. The van der Waals surface area contributed by atoms with Crippen LogP contribution in [0.1, 0.15) is 63.6 Å². The van der Waals surface area contributed by atoms with E-state index in [1.807, 2.05) is 6.07 Å². The fourth-order valence-corrected chi connectivity index (χ4v) is 2.62. The van der Waals surface area contributed by atoms with Gasteiger partial charge in [-0.1, -0.05) is 33.8 Å². The smallest absolute Gasteiger partial charge is 0.389 e. The van der Waals surface area contributed by atoms with Gasteiger partial charge in [0.25, 0.3) is 0 Å². The van der Waals surface area contributed by atoms with Crippen LogP contribution in [0.3, 0.4) is 0 Å². The summed E-state index contributed by atoms with van der Waals surface area (Å²) in [6.45, 7) is 8.47. The van der Waals surface area contributed by atoms with Gasteiger partial charge in [-0.2, -0.15) is 13.2 Å². The van der Waals surface area contributed by atoms with Gasteiger partial charge in [0.15, 0.2) is 0 Å². The molecule has 0 bridgehead atoms. The number of unbranched alkanes of at least 4 members (excludes halogenated alkanes) is 1. The third-order valence-electron chi connectivity index (χ3n) is 3.87. The predicted octanol–water partition coefficient (Wildman–Crippen LogP) is 5.83. The molecule has 0 fully saturated rings. The van der Waals surface area contributed by atoms with E-state index in [0.29, 0.717) is 12.8 Å². The Labute approximate surface area is 131 Å². The Balaban J connectivity index is 2.91. The summed E-state index contributed by atoms with van der Waals surface area (Å²) in [5.74, 6) is 0.829. The first kappa shape index (κ1) is 18.9. The minimum atomic E-state index is -4.05. The number of benzene rings is 1. The summed E-state index contributed by atoms with van der Waals surface area (Å²) in [6, 6.07) is 4.16. The van der Waals surface area contributed by atoms with Crippen molar-refractivity contribution in [2.75, 3.05) is 7.11 Å². The van der Waals surface area contributed by atoms with Crippen molar-refractivity contribution in [3.63, 3.8) is 0 Å². The van der Waals surface area contributed by atoms with Gasteiger partial charge in [0.2, 0.25) is 0 Å². The molecular formula is C18H27F3O. The van der Waals surface area contributed by atoms with Gasteiger partial charge in [0.1, 0.15) is 5.75 Å². The molecule has 126 valence electrons. The first-order valence-corrected chi connectivity index (χ1v) is 7.85. The highest BCUT2D eigenvalue weighted by atomic mass is 19.4. The molecule has 22 heavy (non-hydrogen) atoms. The van der Waals surface area contributed by atoms with E-state index in [0.717, 1.165) is 23.3 Å². The normalized spacial score (nSPS) is 12.5. The van der Waals surface area contributed by atoms with Crippen LogP contribution in [0.4, 0.5) is 13.2 Å². The van der Waals surface area contributed by atoms with Crippen LogP contribution in [0.15, 0.2) is 12.1 Å². The monoisotopic (exact) mass is 316 g/mol. The molecule has 0 saturated heterocycles. The van der Waals surface area contributed by atoms with Gasteiger partial charge >= 0.3 is 6.18 Å². The summed E-state index contributed by atoms with van der Waals surface area (Å²) in [7, 11) is 1.64. The minimum absolute atomic E-state index is 0.0237. The van der Waals surface area contributed by atoms with Crippen molar-refractivity contribution in [1.29, 1.82) is 0 Å². The maximum absolute atomic E-state index is 12.2. The molecule has 0 heterocycles. The molecule has 0 saturated carbocycles. The molecular weight excluding hydrogens is 289 g/mol. The van der Waals surface area contributed by atoms with Crippen LogP contribution in [0.5, 0.6) is 5.75 Å². The maximum atomic E-state index is 12.2. The second kappa shape index (κ2) is 7.38. The standard InChI is InChI=1S/C18H27F3O/c1-6-13-11-15(17(2,3)4)16(22-5)12-14(13)9-7-8-10-18(19,20)21/h11-12H,6-10H2,1-5H3. The van der Waals surface area contributed by atoms with Crippen molar-refractivity contribution >= 4 is 0 Å². The van der Waals surface area contributed by atoms with E-state index in [4.69, 9.17) is 4.74 Å². The zero-order valence-corrected chi connectivity index (χ0v) is 14.2. The van der Waals surface area contributed by atoms with Gasteiger partial charge in [0.05, 0.1) is 7.11 Å². The molecule has 0 N–H and O–H groups in total. The summed E-state index contributed by atoms with van der Waals surface area (Å²) in [6.07, 6.45) is -2.49.